The maximum Gasteiger partial charge on any atom is 0.285 e. The normalized spacial score (nSPS) is 15.1. The predicted molar refractivity (Wildman–Crippen MR) is 116 cm³/mol. The van der Waals surface area contributed by atoms with Gasteiger partial charge in [0.1, 0.15) is 11.5 Å². The Labute approximate surface area is 180 Å². The number of hydrazine groups is 1. The highest BCUT2D eigenvalue weighted by Crippen LogP contribution is 2.34. The molecule has 0 radical (unpaired) electrons. The number of benzene rings is 2. The van der Waals surface area contributed by atoms with Crippen molar-refractivity contribution in [3.63, 3.8) is 0 Å². The van der Waals surface area contributed by atoms with Gasteiger partial charge in [-0.15, -0.1) is 0 Å². The van der Waals surface area contributed by atoms with Crippen molar-refractivity contribution in [3.8, 4) is 11.5 Å². The Bertz CT molecular complexity index is 976. The lowest BCUT2D eigenvalue weighted by atomic mass is 10.2. The monoisotopic (exact) mass is 478 g/mol. The van der Waals surface area contributed by atoms with Crippen LogP contribution in [0.25, 0.3) is 6.08 Å². The van der Waals surface area contributed by atoms with Gasteiger partial charge in [0, 0.05) is 15.6 Å². The van der Waals surface area contributed by atoms with Crippen LogP contribution >= 0.6 is 39.9 Å². The smallest absolute Gasteiger partial charge is 0.285 e. The van der Waals surface area contributed by atoms with Crippen LogP contribution in [0.15, 0.2) is 51.8 Å². The summed E-state index contributed by atoms with van der Waals surface area (Å²) in [6.45, 7) is 0. The number of hydrogen-bond acceptors (Lipinski definition) is 6. The third kappa shape index (κ3) is 4.37. The van der Waals surface area contributed by atoms with Gasteiger partial charge in [-0.05, 0) is 60.8 Å². The predicted octanol–water partition coefficient (Wildman–Crippen LogP) is 4.01. The maximum absolute atomic E-state index is 12.7. The van der Waals surface area contributed by atoms with E-state index in [1.807, 2.05) is 12.1 Å². The number of methoxy groups -OCH3 is 2. The third-order valence-electron chi connectivity index (χ3n) is 3.84. The lowest BCUT2D eigenvalue weighted by molar-refractivity contribution is -0.123. The van der Waals surface area contributed by atoms with E-state index in [1.54, 1.807) is 50.6 Å². The second-order valence-electron chi connectivity index (χ2n) is 5.57. The molecule has 0 aliphatic carbocycles. The fourth-order valence-electron chi connectivity index (χ4n) is 2.43. The molecule has 1 fully saturated rings. The van der Waals surface area contributed by atoms with E-state index >= 15 is 0 Å². The SMILES string of the molecule is COc1ccc(C(=O)NN2C(=O)/C(=C\c3cc(Br)ccc3OC)SC2=S)cc1. The molecule has 1 saturated heterocycles. The Morgan fingerprint density at radius 2 is 1.89 bits per heavy atom. The van der Waals surface area contributed by atoms with E-state index in [2.05, 4.69) is 21.4 Å². The van der Waals surface area contributed by atoms with Gasteiger partial charge in [0.05, 0.1) is 19.1 Å². The Morgan fingerprint density at radius 3 is 2.54 bits per heavy atom. The first-order valence-electron chi connectivity index (χ1n) is 7.99. The van der Waals surface area contributed by atoms with Crippen LogP contribution in [0.1, 0.15) is 15.9 Å². The van der Waals surface area contributed by atoms with Gasteiger partial charge in [-0.2, -0.15) is 5.01 Å². The number of ether oxygens (including phenoxy) is 2. The molecule has 1 heterocycles. The molecule has 0 unspecified atom stereocenters. The Balaban J connectivity index is 1.80. The number of carbonyl (C=O) groups is 2. The summed E-state index contributed by atoms with van der Waals surface area (Å²) in [5.41, 5.74) is 3.65. The van der Waals surface area contributed by atoms with Crippen LogP contribution in [0.4, 0.5) is 0 Å². The zero-order chi connectivity index (χ0) is 20.3. The van der Waals surface area contributed by atoms with Crippen molar-refractivity contribution in [2.75, 3.05) is 14.2 Å². The topological polar surface area (TPSA) is 67.9 Å². The Kier molecular flexibility index (Phi) is 6.38. The van der Waals surface area contributed by atoms with Gasteiger partial charge in [0.2, 0.25) is 0 Å². The highest BCUT2D eigenvalue weighted by Gasteiger charge is 2.34. The Hall–Kier alpha value is -2.36. The number of thioether (sulfide) groups is 1. The molecule has 144 valence electrons. The second kappa shape index (κ2) is 8.76. The van der Waals surface area contributed by atoms with Gasteiger partial charge >= 0.3 is 0 Å². The summed E-state index contributed by atoms with van der Waals surface area (Å²) < 4.78 is 11.5. The number of thiocarbonyl (C=S) groups is 1. The largest absolute Gasteiger partial charge is 0.497 e. The highest BCUT2D eigenvalue weighted by molar-refractivity contribution is 9.10. The molecular weight excluding hydrogens is 464 g/mol. The van der Waals surface area contributed by atoms with Crippen molar-refractivity contribution in [2.24, 2.45) is 0 Å². The number of rotatable bonds is 5. The number of nitrogens with zero attached hydrogens (tertiary/aromatic N) is 1. The molecule has 0 spiro atoms. The molecule has 9 heteroatoms. The van der Waals surface area contributed by atoms with Crippen LogP contribution < -0.4 is 14.9 Å². The summed E-state index contributed by atoms with van der Waals surface area (Å²) in [6, 6.07) is 12.0. The molecular formula is C19H15BrN2O4S2. The molecule has 0 saturated carbocycles. The van der Waals surface area contributed by atoms with E-state index in [0.29, 0.717) is 22.0 Å². The number of hydrogen-bond donors (Lipinski definition) is 1. The lowest BCUT2D eigenvalue weighted by Crippen LogP contribution is -2.44. The molecule has 0 aromatic heterocycles. The second-order valence-corrected chi connectivity index (χ2v) is 8.16. The zero-order valence-electron chi connectivity index (χ0n) is 14.9. The molecule has 1 aliphatic rings. The van der Waals surface area contributed by atoms with Crippen molar-refractivity contribution in [1.29, 1.82) is 0 Å². The average Bonchev–Trinajstić information content (AvgIpc) is 2.95. The van der Waals surface area contributed by atoms with E-state index in [1.165, 1.54) is 0 Å². The van der Waals surface area contributed by atoms with E-state index in [9.17, 15) is 9.59 Å². The number of nitrogens with one attached hydrogen (secondary N) is 1. The van der Waals surface area contributed by atoms with Crippen molar-refractivity contribution < 1.29 is 19.1 Å². The minimum atomic E-state index is -0.444. The molecule has 0 bridgehead atoms. The summed E-state index contributed by atoms with van der Waals surface area (Å²) in [6.07, 6.45) is 1.68. The van der Waals surface area contributed by atoms with Crippen LogP contribution in [-0.2, 0) is 4.79 Å². The fourth-order valence-corrected chi connectivity index (χ4v) is 3.98. The minimum absolute atomic E-state index is 0.243. The first-order chi connectivity index (χ1) is 13.4. The van der Waals surface area contributed by atoms with Crippen LogP contribution in [-0.4, -0.2) is 35.4 Å². The first-order valence-corrected chi connectivity index (χ1v) is 10.0. The average molecular weight is 479 g/mol. The summed E-state index contributed by atoms with van der Waals surface area (Å²) in [7, 11) is 3.10. The molecule has 3 rings (SSSR count). The quantitative estimate of drug-likeness (QED) is 0.517. The van der Waals surface area contributed by atoms with Crippen molar-refractivity contribution in [2.45, 2.75) is 0 Å². The van der Waals surface area contributed by atoms with Gasteiger partial charge in [-0.1, -0.05) is 27.7 Å². The molecule has 28 heavy (non-hydrogen) atoms. The van der Waals surface area contributed by atoms with Crippen LogP contribution in [0.3, 0.4) is 0 Å². The zero-order valence-corrected chi connectivity index (χ0v) is 18.1. The van der Waals surface area contributed by atoms with Crippen LogP contribution in [0, 0.1) is 0 Å². The summed E-state index contributed by atoms with van der Waals surface area (Å²) in [5, 5.41) is 1.07. The fraction of sp³-hybridized carbons (Fsp3) is 0.105. The molecule has 1 aliphatic heterocycles. The summed E-state index contributed by atoms with van der Waals surface area (Å²) in [5.74, 6) is 0.405. The standard InChI is InChI=1S/C19H15BrN2O4S2/c1-25-14-6-3-11(4-7-14)17(23)21-22-18(24)16(28-19(22)27)10-12-9-13(20)5-8-15(12)26-2/h3-10H,1-2H3,(H,21,23)/b16-10+. The highest BCUT2D eigenvalue weighted by atomic mass is 79.9. The van der Waals surface area contributed by atoms with Gasteiger partial charge in [-0.25, -0.2) is 0 Å². The van der Waals surface area contributed by atoms with E-state index in [4.69, 9.17) is 21.7 Å². The van der Waals surface area contributed by atoms with Gasteiger partial charge in [-0.3, -0.25) is 15.0 Å². The molecule has 0 atom stereocenters. The Morgan fingerprint density at radius 1 is 1.18 bits per heavy atom. The number of amides is 2. The third-order valence-corrected chi connectivity index (χ3v) is 5.63. The molecule has 1 N–H and O–H groups in total. The van der Waals surface area contributed by atoms with Crippen molar-refractivity contribution in [3.05, 3.63) is 63.0 Å². The van der Waals surface area contributed by atoms with Crippen molar-refractivity contribution in [1.82, 2.24) is 10.4 Å². The van der Waals surface area contributed by atoms with Gasteiger partial charge in [0.25, 0.3) is 11.8 Å². The van der Waals surface area contributed by atoms with Crippen molar-refractivity contribution >= 4 is 62.1 Å². The molecule has 2 aromatic rings. The minimum Gasteiger partial charge on any atom is -0.497 e. The molecule has 2 amide bonds. The molecule has 2 aromatic carbocycles. The lowest BCUT2D eigenvalue weighted by Gasteiger charge is -2.15. The van der Waals surface area contributed by atoms with Gasteiger partial charge < -0.3 is 9.47 Å². The summed E-state index contributed by atoms with van der Waals surface area (Å²) in [4.78, 5) is 25.6. The number of halogens is 1. The van der Waals surface area contributed by atoms with E-state index in [-0.39, 0.29) is 4.32 Å². The van der Waals surface area contributed by atoms with Crippen LogP contribution in [0.5, 0.6) is 11.5 Å². The van der Waals surface area contributed by atoms with E-state index in [0.717, 1.165) is 26.8 Å². The van der Waals surface area contributed by atoms with E-state index < -0.39 is 11.8 Å². The van der Waals surface area contributed by atoms with Gasteiger partial charge in [0.15, 0.2) is 4.32 Å². The first kappa shape index (κ1) is 20.4. The summed E-state index contributed by atoms with van der Waals surface area (Å²) >= 11 is 9.77. The molecule has 6 nitrogen and oxygen atoms in total. The maximum atomic E-state index is 12.7. The van der Waals surface area contributed by atoms with Crippen LogP contribution in [0.2, 0.25) is 0 Å². The number of carbonyl (C=O) groups excluding carboxylic acids is 2.